The Hall–Kier alpha value is -3.50. The van der Waals surface area contributed by atoms with Crippen molar-refractivity contribution in [2.75, 3.05) is 37.8 Å². The number of hydrogen-bond donors (Lipinski definition) is 0. The van der Waals surface area contributed by atoms with Crippen molar-refractivity contribution in [3.63, 3.8) is 0 Å². The van der Waals surface area contributed by atoms with Crippen LogP contribution >= 0.6 is 23.2 Å². The first kappa shape index (κ1) is 28.5. The van der Waals surface area contributed by atoms with Gasteiger partial charge in [0.25, 0.3) is 17.5 Å². The number of morpholine rings is 1. The van der Waals surface area contributed by atoms with E-state index in [0.29, 0.717) is 42.6 Å². The van der Waals surface area contributed by atoms with E-state index in [1.807, 2.05) is 36.9 Å². The van der Waals surface area contributed by atoms with Gasteiger partial charge in [-0.05, 0) is 48.7 Å². The Balaban J connectivity index is 1.74. The molecule has 4 rings (SSSR count). The minimum atomic E-state index is -0.892. The van der Waals surface area contributed by atoms with Crippen LogP contribution in [0.25, 0.3) is 0 Å². The summed E-state index contributed by atoms with van der Waals surface area (Å²) < 4.78 is 11.2. The summed E-state index contributed by atoms with van der Waals surface area (Å²) in [6, 6.07) is 15.0. The van der Waals surface area contributed by atoms with Crippen LogP contribution in [0.4, 0.5) is 11.4 Å². The van der Waals surface area contributed by atoms with E-state index in [1.165, 1.54) is 18.2 Å². The maximum Gasteiger partial charge on any atom is 0.271 e. The summed E-state index contributed by atoms with van der Waals surface area (Å²) in [6.07, 6.45) is 0. The quantitative estimate of drug-likeness (QED) is 0.258. The van der Waals surface area contributed by atoms with Gasteiger partial charge >= 0.3 is 0 Å². The number of carbonyl (C=O) groups is 2. The molecule has 0 saturated carbocycles. The highest BCUT2D eigenvalue weighted by Crippen LogP contribution is 2.33. The van der Waals surface area contributed by atoms with Gasteiger partial charge in [0.15, 0.2) is 6.61 Å². The van der Waals surface area contributed by atoms with E-state index in [4.69, 9.17) is 32.7 Å². The monoisotopic (exact) mass is 571 g/mol. The molecular weight excluding hydrogens is 545 g/mol. The zero-order valence-corrected chi connectivity index (χ0v) is 22.9. The molecule has 0 N–H and O–H groups in total. The first-order chi connectivity index (χ1) is 18.7. The van der Waals surface area contributed by atoms with Crippen LogP contribution in [0, 0.1) is 24.0 Å². The molecule has 1 fully saturated rings. The molecule has 9 nitrogen and oxygen atoms in total. The molecule has 11 heteroatoms. The number of aryl methyl sites for hydroxylation is 2. The van der Waals surface area contributed by atoms with Gasteiger partial charge in [-0.3, -0.25) is 24.6 Å². The van der Waals surface area contributed by atoms with E-state index in [9.17, 15) is 19.7 Å². The van der Waals surface area contributed by atoms with Gasteiger partial charge in [-0.2, -0.15) is 0 Å². The third-order valence-electron chi connectivity index (χ3n) is 6.44. The summed E-state index contributed by atoms with van der Waals surface area (Å²) in [4.78, 5) is 42.0. The van der Waals surface area contributed by atoms with Crippen LogP contribution in [0.2, 0.25) is 10.0 Å². The van der Waals surface area contributed by atoms with Crippen LogP contribution < -0.4 is 9.64 Å². The van der Waals surface area contributed by atoms with Gasteiger partial charge in [-0.15, -0.1) is 0 Å². The lowest BCUT2D eigenvalue weighted by molar-refractivity contribution is -0.384. The highest BCUT2D eigenvalue weighted by atomic mass is 35.5. The molecule has 1 atom stereocenters. The number of imide groups is 1. The molecule has 0 radical (unpaired) electrons. The van der Waals surface area contributed by atoms with Gasteiger partial charge in [0.1, 0.15) is 11.8 Å². The van der Waals surface area contributed by atoms with Crippen LogP contribution in [0.15, 0.2) is 60.7 Å². The lowest BCUT2D eigenvalue weighted by atomic mass is 10.0. The summed E-state index contributed by atoms with van der Waals surface area (Å²) in [5.41, 5.74) is 2.34. The number of nitrogens with zero attached hydrogens (tertiary/aromatic N) is 3. The molecule has 1 saturated heterocycles. The van der Waals surface area contributed by atoms with Gasteiger partial charge in [-0.1, -0.05) is 53.5 Å². The number of halogens is 2. The Morgan fingerprint density at radius 3 is 2.28 bits per heavy atom. The average molecular weight is 572 g/mol. The van der Waals surface area contributed by atoms with Crippen molar-refractivity contribution in [3.05, 3.63) is 97.5 Å². The van der Waals surface area contributed by atoms with Crippen LogP contribution in [-0.2, 0) is 14.3 Å². The Labute approximate surface area is 236 Å². The minimum Gasteiger partial charge on any atom is -0.482 e. The number of benzene rings is 3. The SMILES string of the molecule is Cc1cccc(C)c1N(C(=O)COc1ccc(Cl)cc1Cl)C(=O)C(c1ccc([N+](=O)[O-])cc1)N1CCOCC1. The molecule has 204 valence electrons. The van der Waals surface area contributed by atoms with Crippen molar-refractivity contribution in [1.29, 1.82) is 0 Å². The van der Waals surface area contributed by atoms with E-state index in [2.05, 4.69) is 0 Å². The minimum absolute atomic E-state index is 0.0946. The fourth-order valence-electron chi connectivity index (χ4n) is 4.56. The maximum absolute atomic E-state index is 14.4. The molecule has 1 aliphatic rings. The number of carbonyl (C=O) groups excluding carboxylic acids is 2. The van der Waals surface area contributed by atoms with Gasteiger partial charge in [0.05, 0.1) is 28.8 Å². The van der Waals surface area contributed by atoms with Gasteiger partial charge in [-0.25, -0.2) is 4.90 Å². The van der Waals surface area contributed by atoms with Crippen LogP contribution in [0.5, 0.6) is 5.75 Å². The van der Waals surface area contributed by atoms with Crippen LogP contribution in [-0.4, -0.2) is 54.5 Å². The number of anilines is 1. The molecular formula is C28H27Cl2N3O6. The number of nitro benzene ring substituents is 1. The maximum atomic E-state index is 14.4. The number of rotatable bonds is 8. The predicted molar refractivity (Wildman–Crippen MR) is 149 cm³/mol. The highest BCUT2D eigenvalue weighted by Gasteiger charge is 2.37. The second-order valence-electron chi connectivity index (χ2n) is 9.07. The second kappa shape index (κ2) is 12.6. The molecule has 0 bridgehead atoms. The molecule has 1 heterocycles. The highest BCUT2D eigenvalue weighted by molar-refractivity contribution is 6.35. The molecule has 2 amide bonds. The van der Waals surface area contributed by atoms with Crippen molar-refractivity contribution in [1.82, 2.24) is 4.90 Å². The topological polar surface area (TPSA) is 102 Å². The van der Waals surface area contributed by atoms with Crippen molar-refractivity contribution < 1.29 is 24.0 Å². The standard InChI is InChI=1S/C28H27Cl2N3O6/c1-18-4-3-5-19(2)26(18)32(25(34)17-39-24-11-8-21(29)16-23(24)30)28(35)27(31-12-14-38-15-13-31)20-6-9-22(10-7-20)33(36)37/h3-11,16,27H,12-15,17H2,1-2H3. The van der Waals surface area contributed by atoms with E-state index >= 15 is 0 Å². The van der Waals surface area contributed by atoms with E-state index in [0.717, 1.165) is 16.0 Å². The van der Waals surface area contributed by atoms with Gasteiger partial charge in [0, 0.05) is 30.2 Å². The van der Waals surface area contributed by atoms with Crippen LogP contribution in [0.1, 0.15) is 22.7 Å². The molecule has 0 spiro atoms. The zero-order chi connectivity index (χ0) is 28.1. The zero-order valence-electron chi connectivity index (χ0n) is 21.4. The molecule has 0 aliphatic carbocycles. The van der Waals surface area contributed by atoms with Crippen LogP contribution in [0.3, 0.4) is 0 Å². The number of para-hydroxylation sites is 1. The fraction of sp³-hybridized carbons (Fsp3) is 0.286. The summed E-state index contributed by atoms with van der Waals surface area (Å²) in [5.74, 6) is -0.842. The lowest BCUT2D eigenvalue weighted by Crippen LogP contribution is -2.50. The first-order valence-electron chi connectivity index (χ1n) is 12.2. The Bertz CT molecular complexity index is 1360. The second-order valence-corrected chi connectivity index (χ2v) is 9.91. The number of ether oxygens (including phenoxy) is 2. The Morgan fingerprint density at radius 1 is 1.05 bits per heavy atom. The van der Waals surface area contributed by atoms with E-state index in [-0.39, 0.29) is 16.5 Å². The summed E-state index contributed by atoms with van der Waals surface area (Å²) in [7, 11) is 0. The smallest absolute Gasteiger partial charge is 0.271 e. The third-order valence-corrected chi connectivity index (χ3v) is 6.97. The Morgan fingerprint density at radius 2 is 1.69 bits per heavy atom. The number of non-ortho nitro benzene ring substituents is 1. The summed E-state index contributed by atoms with van der Waals surface area (Å²) in [5, 5.41) is 11.9. The number of hydrogen-bond acceptors (Lipinski definition) is 7. The van der Waals surface area contributed by atoms with Crippen molar-refractivity contribution in [3.8, 4) is 5.75 Å². The Kier molecular flexibility index (Phi) is 9.19. The van der Waals surface area contributed by atoms with Crippen molar-refractivity contribution in [2.24, 2.45) is 0 Å². The lowest BCUT2D eigenvalue weighted by Gasteiger charge is -2.37. The molecule has 0 aromatic heterocycles. The predicted octanol–water partition coefficient (Wildman–Crippen LogP) is 5.53. The fourth-order valence-corrected chi connectivity index (χ4v) is 5.02. The first-order valence-corrected chi connectivity index (χ1v) is 13.0. The molecule has 39 heavy (non-hydrogen) atoms. The van der Waals surface area contributed by atoms with E-state index in [1.54, 1.807) is 24.3 Å². The largest absolute Gasteiger partial charge is 0.482 e. The summed E-state index contributed by atoms with van der Waals surface area (Å²) in [6.45, 7) is 4.89. The van der Waals surface area contributed by atoms with Crippen molar-refractivity contribution >= 4 is 46.4 Å². The average Bonchev–Trinajstić information content (AvgIpc) is 2.91. The summed E-state index contributed by atoms with van der Waals surface area (Å²) >= 11 is 12.2. The molecule has 1 unspecified atom stereocenters. The third kappa shape index (κ3) is 6.57. The molecule has 3 aromatic rings. The van der Waals surface area contributed by atoms with E-state index < -0.39 is 29.4 Å². The molecule has 3 aromatic carbocycles. The van der Waals surface area contributed by atoms with Gasteiger partial charge < -0.3 is 9.47 Å². The number of nitro groups is 1. The number of amides is 2. The molecule has 1 aliphatic heterocycles. The van der Waals surface area contributed by atoms with Crippen molar-refractivity contribution in [2.45, 2.75) is 19.9 Å². The van der Waals surface area contributed by atoms with Gasteiger partial charge in [0.2, 0.25) is 0 Å². The normalized spacial score (nSPS) is 14.5.